The zero-order valence-electron chi connectivity index (χ0n) is 15.3. The zero-order chi connectivity index (χ0) is 17.6. The third-order valence-corrected chi connectivity index (χ3v) is 7.56. The molecule has 0 amide bonds. The Morgan fingerprint density at radius 2 is 1.78 bits per heavy atom. The third-order valence-electron chi connectivity index (χ3n) is 3.47. The molecule has 0 heterocycles. The van der Waals surface area contributed by atoms with Gasteiger partial charge in [0, 0.05) is 6.42 Å². The van der Waals surface area contributed by atoms with Crippen LogP contribution in [0.1, 0.15) is 58.4 Å². The molecule has 3 nitrogen and oxygen atoms in total. The standard InChI is InChI=1S/C10H20O2.C8H9.CH3O.Hg/c1-10(2,3)8-6-4-5-7-9(11)12;1-2-8-6-4-3-5-7-8;1-2;/h4-8H2,1-3H3,(H,11,12);3-7H,1-2H2;1H3;/q;;-1;+1. The van der Waals surface area contributed by atoms with Crippen molar-refractivity contribution in [3.05, 3.63) is 35.9 Å². The van der Waals surface area contributed by atoms with Crippen LogP contribution in [0.4, 0.5) is 0 Å². The number of carbonyl (C=O) groups is 1. The fraction of sp³-hybridized carbons (Fsp3) is 0.632. The molecule has 0 radical (unpaired) electrons. The van der Waals surface area contributed by atoms with Crippen LogP contribution >= 0.6 is 0 Å². The molecule has 4 heteroatoms. The van der Waals surface area contributed by atoms with Crippen LogP contribution in [0.3, 0.4) is 0 Å². The molecule has 0 saturated heterocycles. The molecular formula is C19H32HgO3. The van der Waals surface area contributed by atoms with Crippen molar-refractivity contribution in [1.82, 2.24) is 0 Å². The molecule has 1 aromatic carbocycles. The van der Waals surface area contributed by atoms with E-state index in [9.17, 15) is 4.79 Å². The molecular weight excluding hydrogens is 477 g/mol. The topological polar surface area (TPSA) is 46.5 Å². The Bertz CT molecular complexity index is 399. The van der Waals surface area contributed by atoms with Gasteiger partial charge in [0.15, 0.2) is 0 Å². The van der Waals surface area contributed by atoms with Gasteiger partial charge in [-0.05, 0) is 18.3 Å². The van der Waals surface area contributed by atoms with E-state index in [1.807, 2.05) is 7.11 Å². The molecule has 0 spiro atoms. The maximum absolute atomic E-state index is 10.2. The van der Waals surface area contributed by atoms with Crippen molar-refractivity contribution < 1.29 is 37.6 Å². The molecule has 0 bridgehead atoms. The summed E-state index contributed by atoms with van der Waals surface area (Å²) in [5.74, 6) is -0.675. The molecule has 0 unspecified atom stereocenters. The van der Waals surface area contributed by atoms with Gasteiger partial charge in [-0.3, -0.25) is 4.79 Å². The molecule has 128 valence electrons. The summed E-state index contributed by atoms with van der Waals surface area (Å²) < 4.78 is 6.52. The van der Waals surface area contributed by atoms with Gasteiger partial charge in [-0.1, -0.05) is 33.6 Å². The summed E-state index contributed by atoms with van der Waals surface area (Å²) in [6.07, 6.45) is 5.75. The summed E-state index contributed by atoms with van der Waals surface area (Å²) in [6.45, 7) is 6.64. The van der Waals surface area contributed by atoms with E-state index in [1.165, 1.54) is 22.3 Å². The predicted molar refractivity (Wildman–Crippen MR) is 92.1 cm³/mol. The Kier molecular flexibility index (Phi) is 13.7. The van der Waals surface area contributed by atoms with E-state index in [0.29, 0.717) is 11.8 Å². The van der Waals surface area contributed by atoms with Crippen LogP contribution in [0.2, 0.25) is 3.93 Å². The Morgan fingerprint density at radius 3 is 2.30 bits per heavy atom. The number of hydrogen-bond acceptors (Lipinski definition) is 2. The number of aryl methyl sites for hydroxylation is 1. The van der Waals surface area contributed by atoms with Crippen LogP contribution in [-0.4, -0.2) is 18.2 Å². The Morgan fingerprint density at radius 1 is 1.13 bits per heavy atom. The van der Waals surface area contributed by atoms with Gasteiger partial charge in [0.25, 0.3) is 0 Å². The molecule has 0 aromatic heterocycles. The summed E-state index contributed by atoms with van der Waals surface area (Å²) in [5.41, 5.74) is 1.84. The zero-order valence-corrected chi connectivity index (χ0v) is 20.8. The number of benzene rings is 1. The molecule has 0 saturated carbocycles. The predicted octanol–water partition coefficient (Wildman–Crippen LogP) is 5.36. The molecule has 0 aliphatic rings. The van der Waals surface area contributed by atoms with Crippen molar-refractivity contribution in [1.29, 1.82) is 0 Å². The third kappa shape index (κ3) is 17.8. The van der Waals surface area contributed by atoms with Gasteiger partial charge in [0.2, 0.25) is 0 Å². The van der Waals surface area contributed by atoms with E-state index in [1.54, 1.807) is 0 Å². The van der Waals surface area contributed by atoms with Gasteiger partial charge in [-0.25, -0.2) is 0 Å². The van der Waals surface area contributed by atoms with Crippen LogP contribution in [0, 0.1) is 5.41 Å². The SMILES string of the molecule is CC(C)(C)CCCCCC(=O)O.C[O][Hg][CH2]Cc1ccccc1. The van der Waals surface area contributed by atoms with Crippen molar-refractivity contribution in [2.75, 3.05) is 7.11 Å². The molecule has 1 N–H and O–H groups in total. The second kappa shape index (κ2) is 14.0. The molecule has 1 rings (SSSR count). The van der Waals surface area contributed by atoms with Crippen molar-refractivity contribution in [2.24, 2.45) is 5.41 Å². The number of carboxylic acid groups (broad SMARTS) is 1. The first kappa shape index (κ1) is 22.6. The molecule has 0 fully saturated rings. The molecule has 1 aromatic rings. The van der Waals surface area contributed by atoms with Crippen molar-refractivity contribution in [2.45, 2.75) is 63.2 Å². The summed E-state index contributed by atoms with van der Waals surface area (Å²) in [7, 11) is 1.84. The average molecular weight is 509 g/mol. The first-order valence-corrected chi connectivity index (χ1v) is 14.7. The summed E-state index contributed by atoms with van der Waals surface area (Å²) in [6, 6.07) is 10.6. The fourth-order valence-electron chi connectivity index (χ4n) is 2.17. The normalized spacial score (nSPS) is 10.4. The number of unbranched alkanes of at least 4 members (excludes halogenated alkanes) is 2. The van der Waals surface area contributed by atoms with E-state index in [4.69, 9.17) is 7.75 Å². The van der Waals surface area contributed by atoms with Gasteiger partial charge >= 0.3 is 87.0 Å². The monoisotopic (exact) mass is 510 g/mol. The van der Waals surface area contributed by atoms with Crippen LogP contribution in [0.5, 0.6) is 0 Å². The maximum atomic E-state index is 10.2. The van der Waals surface area contributed by atoms with Crippen molar-refractivity contribution in [3.63, 3.8) is 0 Å². The van der Waals surface area contributed by atoms with Crippen molar-refractivity contribution in [3.8, 4) is 0 Å². The van der Waals surface area contributed by atoms with Gasteiger partial charge in [0.05, 0.1) is 0 Å². The van der Waals surface area contributed by atoms with Crippen LogP contribution < -0.4 is 0 Å². The van der Waals surface area contributed by atoms with Gasteiger partial charge in [0.1, 0.15) is 0 Å². The molecule has 0 aliphatic heterocycles. The van der Waals surface area contributed by atoms with Crippen LogP contribution in [0.15, 0.2) is 30.3 Å². The van der Waals surface area contributed by atoms with Crippen LogP contribution in [0.25, 0.3) is 0 Å². The van der Waals surface area contributed by atoms with E-state index in [2.05, 4.69) is 51.1 Å². The van der Waals surface area contributed by atoms with Gasteiger partial charge < -0.3 is 5.11 Å². The molecule has 0 atom stereocenters. The average Bonchev–Trinajstić information content (AvgIpc) is 2.47. The van der Waals surface area contributed by atoms with Gasteiger partial charge in [-0.15, -0.1) is 0 Å². The first-order valence-electron chi connectivity index (χ1n) is 8.60. The first-order chi connectivity index (χ1) is 10.8. The number of rotatable bonds is 9. The van der Waals surface area contributed by atoms with E-state index < -0.39 is 31.0 Å². The summed E-state index contributed by atoms with van der Waals surface area (Å²) >= 11 is -0.869. The van der Waals surface area contributed by atoms with E-state index in [0.717, 1.165) is 19.3 Å². The van der Waals surface area contributed by atoms with E-state index in [-0.39, 0.29) is 0 Å². The summed E-state index contributed by atoms with van der Waals surface area (Å²) in [5, 5.41) is 8.37. The molecule has 23 heavy (non-hydrogen) atoms. The minimum atomic E-state index is -0.869. The second-order valence-corrected chi connectivity index (χ2v) is 13.7. The number of carboxylic acids is 1. The second-order valence-electron chi connectivity index (χ2n) is 7.10. The quantitative estimate of drug-likeness (QED) is 0.361. The van der Waals surface area contributed by atoms with Gasteiger partial charge in [-0.2, -0.15) is 0 Å². The number of aliphatic carboxylic acids is 1. The molecule has 0 aliphatic carbocycles. The van der Waals surface area contributed by atoms with E-state index >= 15 is 0 Å². The summed E-state index contributed by atoms with van der Waals surface area (Å²) in [4.78, 5) is 10.2. The Balaban J connectivity index is 0.000000422. The number of hydrogen-bond donors (Lipinski definition) is 1. The van der Waals surface area contributed by atoms with Crippen LogP contribution in [-0.2, 0) is 38.9 Å². The Labute approximate surface area is 154 Å². The van der Waals surface area contributed by atoms with Crippen molar-refractivity contribution >= 4 is 5.97 Å². The Hall–Kier alpha value is -0.415. The fourth-order valence-corrected chi connectivity index (χ4v) is 5.44. The minimum absolute atomic E-state index is 0.324.